The molecule has 0 N–H and O–H groups in total. The van der Waals surface area contributed by atoms with Crippen molar-refractivity contribution in [2.45, 2.75) is 71.9 Å². The molecule has 0 atom stereocenters. The standard InChI is InChI=1S/C19H31N3O/c1-6-16-7-9-17(10-8-16)23-19-12-11-18(15(4)21-19)20-13-22(5)14(2)3/h11-14,16-17H,6-10H2,1-5H3/b20-13+/t16-,17-. The van der Waals surface area contributed by atoms with Crippen LogP contribution in [0, 0.1) is 12.8 Å². The van der Waals surface area contributed by atoms with Gasteiger partial charge in [0.2, 0.25) is 5.88 Å². The average Bonchev–Trinajstić information content (AvgIpc) is 2.54. The summed E-state index contributed by atoms with van der Waals surface area (Å²) in [5.74, 6) is 1.62. The minimum Gasteiger partial charge on any atom is -0.474 e. The lowest BCUT2D eigenvalue weighted by atomic mass is 9.86. The van der Waals surface area contributed by atoms with Crippen LogP contribution < -0.4 is 4.74 Å². The van der Waals surface area contributed by atoms with E-state index in [1.165, 1.54) is 19.3 Å². The molecule has 0 spiro atoms. The average molecular weight is 317 g/mol. The van der Waals surface area contributed by atoms with Crippen LogP contribution in [-0.2, 0) is 0 Å². The smallest absolute Gasteiger partial charge is 0.213 e. The quantitative estimate of drug-likeness (QED) is 0.562. The monoisotopic (exact) mass is 317 g/mol. The van der Waals surface area contributed by atoms with Gasteiger partial charge in [-0.1, -0.05) is 13.3 Å². The number of pyridine rings is 1. The predicted molar refractivity (Wildman–Crippen MR) is 96.7 cm³/mol. The molecule has 1 saturated carbocycles. The van der Waals surface area contributed by atoms with Gasteiger partial charge in [-0.3, -0.25) is 0 Å². The highest BCUT2D eigenvalue weighted by atomic mass is 16.5. The van der Waals surface area contributed by atoms with E-state index < -0.39 is 0 Å². The lowest BCUT2D eigenvalue weighted by Crippen LogP contribution is -2.24. The lowest BCUT2D eigenvalue weighted by Gasteiger charge is -2.28. The summed E-state index contributed by atoms with van der Waals surface area (Å²) >= 11 is 0. The Balaban J connectivity index is 1.94. The van der Waals surface area contributed by atoms with Crippen molar-refractivity contribution >= 4 is 12.0 Å². The van der Waals surface area contributed by atoms with Crippen molar-refractivity contribution in [2.24, 2.45) is 10.9 Å². The third-order valence-corrected chi connectivity index (χ3v) is 4.88. The molecule has 128 valence electrons. The first-order valence-electron chi connectivity index (χ1n) is 8.90. The first-order valence-corrected chi connectivity index (χ1v) is 8.90. The van der Waals surface area contributed by atoms with Gasteiger partial charge >= 0.3 is 0 Å². The topological polar surface area (TPSA) is 37.7 Å². The van der Waals surface area contributed by atoms with Gasteiger partial charge in [0.05, 0.1) is 17.7 Å². The van der Waals surface area contributed by atoms with Gasteiger partial charge in [0.15, 0.2) is 0 Å². The maximum Gasteiger partial charge on any atom is 0.213 e. The molecular weight excluding hydrogens is 286 g/mol. The van der Waals surface area contributed by atoms with E-state index in [1.807, 2.05) is 32.4 Å². The van der Waals surface area contributed by atoms with E-state index >= 15 is 0 Å². The molecule has 4 nitrogen and oxygen atoms in total. The molecule has 1 aromatic heterocycles. The molecule has 0 radical (unpaired) electrons. The van der Waals surface area contributed by atoms with Gasteiger partial charge in [0, 0.05) is 19.2 Å². The Labute approximate surface area is 141 Å². The molecule has 2 rings (SSSR count). The number of ether oxygens (including phenoxy) is 1. The van der Waals surface area contributed by atoms with Crippen LogP contribution in [0.25, 0.3) is 0 Å². The van der Waals surface area contributed by atoms with Crippen LogP contribution in [-0.4, -0.2) is 35.4 Å². The van der Waals surface area contributed by atoms with Crippen molar-refractivity contribution in [3.05, 3.63) is 17.8 Å². The normalized spacial score (nSPS) is 21.8. The third kappa shape index (κ3) is 5.22. The highest BCUT2D eigenvalue weighted by Gasteiger charge is 2.21. The molecule has 0 unspecified atom stereocenters. The summed E-state index contributed by atoms with van der Waals surface area (Å²) in [6, 6.07) is 4.38. The number of aromatic nitrogens is 1. The minimum atomic E-state index is 0.325. The summed E-state index contributed by atoms with van der Waals surface area (Å²) in [7, 11) is 2.03. The van der Waals surface area contributed by atoms with E-state index in [4.69, 9.17) is 4.74 Å². The zero-order chi connectivity index (χ0) is 16.8. The Hall–Kier alpha value is -1.58. The maximum atomic E-state index is 6.07. The highest BCUT2D eigenvalue weighted by molar-refractivity contribution is 5.62. The molecule has 1 aliphatic rings. The molecule has 1 fully saturated rings. The molecule has 0 amide bonds. The SMILES string of the molecule is CC[C@H]1CC[C@H](Oc2ccc(/N=C/N(C)C(C)C)c(C)n2)CC1. The predicted octanol–water partition coefficient (Wildman–Crippen LogP) is 4.74. The van der Waals surface area contributed by atoms with Gasteiger partial charge < -0.3 is 9.64 Å². The zero-order valence-electron chi connectivity index (χ0n) is 15.2. The molecule has 1 aromatic rings. The van der Waals surface area contributed by atoms with E-state index in [-0.39, 0.29) is 0 Å². The second-order valence-corrected chi connectivity index (χ2v) is 6.93. The molecule has 1 heterocycles. The van der Waals surface area contributed by atoms with E-state index in [9.17, 15) is 0 Å². The van der Waals surface area contributed by atoms with Crippen LogP contribution in [0.3, 0.4) is 0 Å². The number of aliphatic imine (C=N–C) groups is 1. The van der Waals surface area contributed by atoms with Crippen molar-refractivity contribution in [1.29, 1.82) is 0 Å². The van der Waals surface area contributed by atoms with E-state index in [0.717, 1.165) is 36.0 Å². The molecule has 0 saturated heterocycles. The Morgan fingerprint density at radius 1 is 1.30 bits per heavy atom. The second kappa shape index (κ2) is 8.32. The van der Waals surface area contributed by atoms with E-state index in [2.05, 4.69) is 35.6 Å². The third-order valence-electron chi connectivity index (χ3n) is 4.88. The fraction of sp³-hybridized carbons (Fsp3) is 0.684. The maximum absolute atomic E-state index is 6.07. The van der Waals surface area contributed by atoms with Crippen LogP contribution in [0.15, 0.2) is 17.1 Å². The summed E-state index contributed by atoms with van der Waals surface area (Å²) in [6.07, 6.45) is 8.35. The van der Waals surface area contributed by atoms with Gasteiger partial charge in [-0.25, -0.2) is 9.98 Å². The fourth-order valence-electron chi connectivity index (χ4n) is 2.85. The molecule has 4 heteroatoms. The fourth-order valence-corrected chi connectivity index (χ4v) is 2.85. The van der Waals surface area contributed by atoms with Crippen molar-refractivity contribution < 1.29 is 4.74 Å². The first kappa shape index (κ1) is 17.8. The molecule has 1 aliphatic carbocycles. The van der Waals surface area contributed by atoms with Gasteiger partial charge in [0.1, 0.15) is 6.10 Å². The van der Waals surface area contributed by atoms with E-state index in [1.54, 1.807) is 0 Å². The summed E-state index contributed by atoms with van der Waals surface area (Å²) < 4.78 is 6.07. The van der Waals surface area contributed by atoms with Gasteiger partial charge in [-0.05, 0) is 58.4 Å². The van der Waals surface area contributed by atoms with Crippen LogP contribution in [0.5, 0.6) is 5.88 Å². The van der Waals surface area contributed by atoms with Gasteiger partial charge in [-0.15, -0.1) is 0 Å². The molecular formula is C19H31N3O. The molecule has 0 bridgehead atoms. The van der Waals surface area contributed by atoms with Crippen molar-refractivity contribution in [3.63, 3.8) is 0 Å². The Morgan fingerprint density at radius 3 is 2.57 bits per heavy atom. The van der Waals surface area contributed by atoms with Crippen LogP contribution in [0.4, 0.5) is 5.69 Å². The number of rotatable bonds is 6. The summed E-state index contributed by atoms with van der Waals surface area (Å²) in [5, 5.41) is 0. The number of hydrogen-bond acceptors (Lipinski definition) is 3. The van der Waals surface area contributed by atoms with E-state index in [0.29, 0.717) is 12.1 Å². The number of hydrogen-bond donors (Lipinski definition) is 0. The van der Waals surface area contributed by atoms with Crippen molar-refractivity contribution in [2.75, 3.05) is 7.05 Å². The molecule has 0 aromatic carbocycles. The van der Waals surface area contributed by atoms with Crippen LogP contribution in [0.1, 0.15) is 58.6 Å². The Bertz CT molecular complexity index is 519. The van der Waals surface area contributed by atoms with Crippen LogP contribution in [0.2, 0.25) is 0 Å². The Morgan fingerprint density at radius 2 is 2.00 bits per heavy atom. The summed E-state index contributed by atoms with van der Waals surface area (Å²) in [6.45, 7) is 8.55. The Kier molecular flexibility index (Phi) is 6.43. The minimum absolute atomic E-state index is 0.325. The number of nitrogens with zero attached hydrogens (tertiary/aromatic N) is 3. The van der Waals surface area contributed by atoms with Crippen molar-refractivity contribution in [3.8, 4) is 5.88 Å². The highest BCUT2D eigenvalue weighted by Crippen LogP contribution is 2.29. The van der Waals surface area contributed by atoms with Crippen LogP contribution >= 0.6 is 0 Å². The van der Waals surface area contributed by atoms with Crippen molar-refractivity contribution in [1.82, 2.24) is 9.88 Å². The zero-order valence-corrected chi connectivity index (χ0v) is 15.2. The van der Waals surface area contributed by atoms with Gasteiger partial charge in [-0.2, -0.15) is 0 Å². The largest absolute Gasteiger partial charge is 0.474 e. The second-order valence-electron chi connectivity index (χ2n) is 6.93. The first-order chi connectivity index (χ1) is 11.0. The van der Waals surface area contributed by atoms with Gasteiger partial charge in [0.25, 0.3) is 0 Å². The molecule has 0 aliphatic heterocycles. The summed E-state index contributed by atoms with van der Waals surface area (Å²) in [5.41, 5.74) is 1.82. The molecule has 23 heavy (non-hydrogen) atoms. The lowest BCUT2D eigenvalue weighted by molar-refractivity contribution is 0.124. The number of aryl methyl sites for hydroxylation is 1. The summed E-state index contributed by atoms with van der Waals surface area (Å²) in [4.78, 5) is 11.2.